The summed E-state index contributed by atoms with van der Waals surface area (Å²) in [7, 11) is 0. The van der Waals surface area contributed by atoms with Crippen molar-refractivity contribution in [3.05, 3.63) is 0 Å². The number of aliphatic hydroxyl groups is 1. The van der Waals surface area contributed by atoms with Gasteiger partial charge in [-0.1, -0.05) is 0 Å². The van der Waals surface area contributed by atoms with Crippen LogP contribution in [0.4, 0.5) is 0 Å². The third-order valence-electron chi connectivity index (χ3n) is 3.16. The Hall–Kier alpha value is -0.160. The Morgan fingerprint density at radius 1 is 1.44 bits per heavy atom. The van der Waals surface area contributed by atoms with E-state index in [1.165, 1.54) is 0 Å². The highest BCUT2D eigenvalue weighted by Crippen LogP contribution is 2.21. The van der Waals surface area contributed by atoms with Crippen LogP contribution in [0, 0.1) is 0 Å². The zero-order chi connectivity index (χ0) is 12.1. The predicted molar refractivity (Wildman–Crippen MR) is 65.3 cm³/mol. The second-order valence-corrected chi connectivity index (χ2v) is 5.06. The number of aliphatic hydroxyl groups excluding tert-OH is 1. The smallest absolute Gasteiger partial charge is 0.0745 e. The normalized spacial score (nSPS) is 31.3. The van der Waals surface area contributed by atoms with Crippen LogP contribution in [0.25, 0.3) is 0 Å². The number of nitrogens with one attached hydrogen (secondary N) is 1. The molecule has 0 aromatic heterocycles. The predicted octanol–water partition coefficient (Wildman–Crippen LogP) is 0.630. The van der Waals surface area contributed by atoms with E-state index in [1.54, 1.807) is 0 Å². The fourth-order valence-electron chi connectivity index (χ4n) is 2.40. The summed E-state index contributed by atoms with van der Waals surface area (Å²) in [4.78, 5) is 0. The first kappa shape index (κ1) is 13.9. The van der Waals surface area contributed by atoms with Gasteiger partial charge in [-0.15, -0.1) is 0 Å². The van der Waals surface area contributed by atoms with Crippen molar-refractivity contribution in [2.75, 3.05) is 6.54 Å². The van der Waals surface area contributed by atoms with E-state index < -0.39 is 0 Å². The molecule has 0 aromatic rings. The summed E-state index contributed by atoms with van der Waals surface area (Å²) in [6.07, 6.45) is 3.26. The summed E-state index contributed by atoms with van der Waals surface area (Å²) in [5, 5.41) is 12.8. The van der Waals surface area contributed by atoms with Crippen LogP contribution in [0.2, 0.25) is 0 Å². The van der Waals surface area contributed by atoms with E-state index in [9.17, 15) is 5.11 Å². The summed E-state index contributed by atoms with van der Waals surface area (Å²) in [5.41, 5.74) is 5.77. The highest BCUT2D eigenvalue weighted by atomic mass is 16.5. The number of rotatable bonds is 6. The molecule has 1 heterocycles. The van der Waals surface area contributed by atoms with Crippen molar-refractivity contribution in [3.8, 4) is 0 Å². The lowest BCUT2D eigenvalue weighted by Gasteiger charge is -2.27. The topological polar surface area (TPSA) is 67.5 Å². The Morgan fingerprint density at radius 3 is 2.56 bits per heavy atom. The molecule has 1 rings (SSSR count). The van der Waals surface area contributed by atoms with Gasteiger partial charge >= 0.3 is 0 Å². The van der Waals surface area contributed by atoms with E-state index in [0.29, 0.717) is 12.6 Å². The SMILES string of the molecule is CC(O)CC(C)NC(CN)C1CCC(C)O1. The minimum atomic E-state index is -0.274. The van der Waals surface area contributed by atoms with E-state index >= 15 is 0 Å². The van der Waals surface area contributed by atoms with Crippen molar-refractivity contribution in [1.29, 1.82) is 0 Å². The van der Waals surface area contributed by atoms with Gasteiger partial charge in [0, 0.05) is 18.6 Å². The van der Waals surface area contributed by atoms with Crippen LogP contribution in [0.3, 0.4) is 0 Å². The Kier molecular flexibility index (Phi) is 5.69. The highest BCUT2D eigenvalue weighted by molar-refractivity contribution is 4.85. The Morgan fingerprint density at radius 2 is 2.12 bits per heavy atom. The molecule has 0 aromatic carbocycles. The second-order valence-electron chi connectivity index (χ2n) is 5.06. The van der Waals surface area contributed by atoms with Crippen LogP contribution in [-0.4, -0.2) is 42.0 Å². The van der Waals surface area contributed by atoms with Crippen molar-refractivity contribution in [2.45, 2.75) is 70.4 Å². The van der Waals surface area contributed by atoms with Crippen molar-refractivity contribution >= 4 is 0 Å². The van der Waals surface area contributed by atoms with Crippen LogP contribution in [0.15, 0.2) is 0 Å². The van der Waals surface area contributed by atoms with Crippen LogP contribution >= 0.6 is 0 Å². The molecule has 4 N–H and O–H groups in total. The quantitative estimate of drug-likeness (QED) is 0.626. The lowest BCUT2D eigenvalue weighted by Crippen LogP contribution is -2.49. The van der Waals surface area contributed by atoms with E-state index in [4.69, 9.17) is 10.5 Å². The molecule has 4 nitrogen and oxygen atoms in total. The first-order valence-electron chi connectivity index (χ1n) is 6.32. The molecule has 0 saturated carbocycles. The molecule has 5 unspecified atom stereocenters. The summed E-state index contributed by atoms with van der Waals surface area (Å²) in [5.74, 6) is 0. The molecule has 1 aliphatic heterocycles. The molecule has 0 bridgehead atoms. The third kappa shape index (κ3) is 4.37. The molecule has 0 spiro atoms. The van der Waals surface area contributed by atoms with Gasteiger partial charge in [0.1, 0.15) is 0 Å². The van der Waals surface area contributed by atoms with E-state index in [-0.39, 0.29) is 24.3 Å². The van der Waals surface area contributed by atoms with Gasteiger partial charge in [0.25, 0.3) is 0 Å². The van der Waals surface area contributed by atoms with Gasteiger partial charge in [-0.2, -0.15) is 0 Å². The summed E-state index contributed by atoms with van der Waals surface area (Å²) in [6.45, 7) is 6.58. The second kappa shape index (κ2) is 6.55. The average Bonchev–Trinajstić information content (AvgIpc) is 2.60. The number of hydrogen-bond donors (Lipinski definition) is 3. The Bertz CT molecular complexity index is 199. The Balaban J connectivity index is 2.36. The molecule has 1 fully saturated rings. The standard InChI is InChI=1S/C12H26N2O2/c1-8(6-9(2)15)14-11(7-13)12-5-4-10(3)16-12/h8-12,14-15H,4-7,13H2,1-3H3. The molecule has 0 radical (unpaired) electrons. The van der Waals surface area contributed by atoms with Crippen LogP contribution in [0.5, 0.6) is 0 Å². The summed E-state index contributed by atoms with van der Waals surface area (Å²) in [6, 6.07) is 0.478. The fourth-order valence-corrected chi connectivity index (χ4v) is 2.40. The van der Waals surface area contributed by atoms with Gasteiger partial charge in [0.05, 0.1) is 18.3 Å². The van der Waals surface area contributed by atoms with Gasteiger partial charge in [0.15, 0.2) is 0 Å². The van der Waals surface area contributed by atoms with E-state index in [0.717, 1.165) is 19.3 Å². The van der Waals surface area contributed by atoms with E-state index in [1.807, 2.05) is 6.92 Å². The van der Waals surface area contributed by atoms with Gasteiger partial charge in [-0.3, -0.25) is 0 Å². The van der Waals surface area contributed by atoms with Crippen molar-refractivity contribution < 1.29 is 9.84 Å². The maximum absolute atomic E-state index is 9.31. The van der Waals surface area contributed by atoms with E-state index in [2.05, 4.69) is 19.2 Å². The van der Waals surface area contributed by atoms with Crippen molar-refractivity contribution in [1.82, 2.24) is 5.32 Å². The number of nitrogens with two attached hydrogens (primary N) is 1. The monoisotopic (exact) mass is 230 g/mol. The third-order valence-corrected chi connectivity index (χ3v) is 3.16. The Labute approximate surface area is 98.5 Å². The minimum Gasteiger partial charge on any atom is -0.393 e. The fraction of sp³-hybridized carbons (Fsp3) is 1.00. The zero-order valence-electron chi connectivity index (χ0n) is 10.6. The van der Waals surface area contributed by atoms with Gasteiger partial charge < -0.3 is 20.9 Å². The van der Waals surface area contributed by atoms with Gasteiger partial charge in [0.2, 0.25) is 0 Å². The maximum Gasteiger partial charge on any atom is 0.0745 e. The molecular weight excluding hydrogens is 204 g/mol. The highest BCUT2D eigenvalue weighted by Gasteiger charge is 2.29. The molecule has 0 amide bonds. The first-order chi connectivity index (χ1) is 7.52. The van der Waals surface area contributed by atoms with Gasteiger partial charge in [-0.05, 0) is 40.0 Å². The number of hydrogen-bond acceptors (Lipinski definition) is 4. The maximum atomic E-state index is 9.31. The lowest BCUT2D eigenvalue weighted by atomic mass is 10.0. The zero-order valence-corrected chi connectivity index (χ0v) is 10.6. The van der Waals surface area contributed by atoms with Crippen LogP contribution in [0.1, 0.15) is 40.0 Å². The summed E-state index contributed by atoms with van der Waals surface area (Å²) < 4.78 is 5.82. The molecule has 5 atom stereocenters. The van der Waals surface area contributed by atoms with Crippen molar-refractivity contribution in [2.24, 2.45) is 5.73 Å². The largest absolute Gasteiger partial charge is 0.393 e. The minimum absolute atomic E-state index is 0.207. The molecule has 4 heteroatoms. The first-order valence-corrected chi connectivity index (χ1v) is 6.32. The molecular formula is C12H26N2O2. The van der Waals surface area contributed by atoms with Crippen LogP contribution in [-0.2, 0) is 4.74 Å². The molecule has 16 heavy (non-hydrogen) atoms. The molecule has 0 aliphatic carbocycles. The van der Waals surface area contributed by atoms with Crippen molar-refractivity contribution in [3.63, 3.8) is 0 Å². The molecule has 1 saturated heterocycles. The molecule has 96 valence electrons. The number of ether oxygens (including phenoxy) is 1. The van der Waals surface area contributed by atoms with Crippen LogP contribution < -0.4 is 11.1 Å². The summed E-state index contributed by atoms with van der Waals surface area (Å²) >= 11 is 0. The molecule has 1 aliphatic rings. The van der Waals surface area contributed by atoms with Gasteiger partial charge in [-0.25, -0.2) is 0 Å². The average molecular weight is 230 g/mol. The lowest BCUT2D eigenvalue weighted by molar-refractivity contribution is 0.0298.